The van der Waals surface area contributed by atoms with Crippen LogP contribution in [-0.4, -0.2) is 0 Å². The van der Waals surface area contributed by atoms with Crippen LogP contribution in [0.5, 0.6) is 0 Å². The smallest absolute Gasteiger partial charge is 0.779 e. The van der Waals surface area contributed by atoms with Crippen LogP contribution in [-0.2, 0) is 12.6 Å². The van der Waals surface area contributed by atoms with E-state index in [0.717, 1.165) is 4.90 Å². The third kappa shape index (κ3) is 1.89. The zero-order chi connectivity index (χ0) is 8.55. The van der Waals surface area contributed by atoms with Gasteiger partial charge in [-0.2, -0.15) is 4.90 Å². The summed E-state index contributed by atoms with van der Waals surface area (Å²) in [6.45, 7) is 2.05. The van der Waals surface area contributed by atoms with Crippen LogP contribution in [0.1, 0.15) is 5.56 Å². The van der Waals surface area contributed by atoms with Crippen LogP contribution < -0.4 is 18.9 Å². The zero-order valence-corrected chi connectivity index (χ0v) is 8.69. The minimum atomic E-state index is 0. The molecule has 2 aromatic rings. The molecule has 0 unspecified atom stereocenters. The summed E-state index contributed by atoms with van der Waals surface area (Å²) in [4.78, 5) is 0.980. The summed E-state index contributed by atoms with van der Waals surface area (Å²) in [5.41, 5.74) is 1.18. The summed E-state index contributed by atoms with van der Waals surface area (Å²) >= 11 is 5.29. The molecule has 0 saturated carbocycles. The van der Waals surface area contributed by atoms with Crippen LogP contribution in [0.3, 0.4) is 0 Å². The van der Waals surface area contributed by atoms with Gasteiger partial charge in [0, 0.05) is 0 Å². The molecule has 0 nitrogen and oxygen atoms in total. The van der Waals surface area contributed by atoms with Crippen LogP contribution in [0.4, 0.5) is 0 Å². The molecule has 0 heterocycles. The maximum Gasteiger partial charge on any atom is 1.00 e. The van der Waals surface area contributed by atoms with Crippen molar-refractivity contribution in [3.05, 3.63) is 42.0 Å². The third-order valence-electron chi connectivity index (χ3n) is 2.08. The van der Waals surface area contributed by atoms with Gasteiger partial charge in [0.05, 0.1) is 0 Å². The van der Waals surface area contributed by atoms with Crippen molar-refractivity contribution in [2.75, 3.05) is 0 Å². The average molecular weight is 180 g/mol. The molecule has 0 fully saturated rings. The van der Waals surface area contributed by atoms with Gasteiger partial charge in [-0.1, -0.05) is 42.0 Å². The van der Waals surface area contributed by atoms with E-state index in [4.69, 9.17) is 12.6 Å². The van der Waals surface area contributed by atoms with Crippen molar-refractivity contribution in [2.45, 2.75) is 11.8 Å². The van der Waals surface area contributed by atoms with E-state index < -0.39 is 0 Å². The van der Waals surface area contributed by atoms with Gasteiger partial charge in [-0.05, 0) is 17.7 Å². The molecule has 13 heavy (non-hydrogen) atoms. The van der Waals surface area contributed by atoms with E-state index in [-0.39, 0.29) is 18.9 Å². The molecule has 0 N–H and O–H groups in total. The first-order chi connectivity index (χ1) is 5.79. The first-order valence-corrected chi connectivity index (χ1v) is 4.35. The van der Waals surface area contributed by atoms with Gasteiger partial charge in [-0.3, -0.25) is 0 Å². The summed E-state index contributed by atoms with van der Waals surface area (Å²) in [5.74, 6) is 0. The van der Waals surface area contributed by atoms with Gasteiger partial charge in [0.2, 0.25) is 0 Å². The fourth-order valence-electron chi connectivity index (χ4n) is 1.35. The second kappa shape index (κ2) is 4.15. The maximum atomic E-state index is 5.29. The number of rotatable bonds is 0. The molecule has 0 aliphatic rings. The van der Waals surface area contributed by atoms with Crippen molar-refractivity contribution in [2.24, 2.45) is 0 Å². The Hall–Kier alpha value is -0.483. The summed E-state index contributed by atoms with van der Waals surface area (Å²) in [5, 5.41) is 2.42. The fourth-order valence-corrected chi connectivity index (χ4v) is 1.61. The molecule has 0 aliphatic carbocycles. The van der Waals surface area contributed by atoms with Gasteiger partial charge >= 0.3 is 18.9 Å². The van der Waals surface area contributed by atoms with Crippen LogP contribution in [0.15, 0.2) is 41.3 Å². The molecule has 2 aromatic carbocycles. The molecule has 2 heteroatoms. The maximum absolute atomic E-state index is 5.29. The summed E-state index contributed by atoms with van der Waals surface area (Å²) < 4.78 is 0. The molecule has 2 rings (SSSR count). The van der Waals surface area contributed by atoms with Crippen LogP contribution >= 0.6 is 0 Å². The van der Waals surface area contributed by atoms with E-state index >= 15 is 0 Å². The van der Waals surface area contributed by atoms with E-state index in [1.165, 1.54) is 16.3 Å². The van der Waals surface area contributed by atoms with Gasteiger partial charge < -0.3 is 12.6 Å². The van der Waals surface area contributed by atoms with Crippen molar-refractivity contribution in [1.29, 1.82) is 0 Å². The van der Waals surface area contributed by atoms with Gasteiger partial charge in [0.1, 0.15) is 0 Å². The van der Waals surface area contributed by atoms with E-state index in [0.29, 0.717) is 0 Å². The molecule has 60 valence electrons. The largest absolute Gasteiger partial charge is 1.00 e. The molecule has 0 bridgehead atoms. The molecular formula is C11H9LiS. The quantitative estimate of drug-likeness (QED) is 0.408. The average Bonchev–Trinajstić information content (AvgIpc) is 2.12. The first-order valence-electron chi connectivity index (χ1n) is 3.94. The molecular weight excluding hydrogens is 171 g/mol. The summed E-state index contributed by atoms with van der Waals surface area (Å²) in [7, 11) is 0. The van der Waals surface area contributed by atoms with E-state index in [1.54, 1.807) is 0 Å². The van der Waals surface area contributed by atoms with Crippen molar-refractivity contribution in [3.63, 3.8) is 0 Å². The number of aryl methyl sites for hydroxylation is 1. The van der Waals surface area contributed by atoms with Gasteiger partial charge in [0.25, 0.3) is 0 Å². The van der Waals surface area contributed by atoms with Crippen LogP contribution in [0, 0.1) is 6.92 Å². The van der Waals surface area contributed by atoms with Gasteiger partial charge in [-0.15, -0.1) is 0 Å². The fraction of sp³-hybridized carbons (Fsp3) is 0.0909. The predicted octanol–water partition coefficient (Wildman–Crippen LogP) is 0.0580. The molecule has 0 atom stereocenters. The second-order valence-electron chi connectivity index (χ2n) is 2.93. The Morgan fingerprint density at radius 1 is 1.00 bits per heavy atom. The Morgan fingerprint density at radius 3 is 2.46 bits per heavy atom. The van der Waals surface area contributed by atoms with Crippen molar-refractivity contribution in [3.8, 4) is 0 Å². The van der Waals surface area contributed by atoms with Crippen molar-refractivity contribution in [1.82, 2.24) is 0 Å². The molecule has 0 aliphatic heterocycles. The Morgan fingerprint density at radius 2 is 1.69 bits per heavy atom. The summed E-state index contributed by atoms with van der Waals surface area (Å²) in [6.07, 6.45) is 0. The topological polar surface area (TPSA) is 0 Å². The van der Waals surface area contributed by atoms with Crippen LogP contribution in [0.25, 0.3) is 10.8 Å². The van der Waals surface area contributed by atoms with Gasteiger partial charge in [0.15, 0.2) is 0 Å². The molecule has 0 spiro atoms. The monoisotopic (exact) mass is 180 g/mol. The number of hydrogen-bond donors (Lipinski definition) is 0. The SMILES string of the molecule is Cc1ccc2ccccc2c1[S-].[Li+]. The Balaban J connectivity index is 0.000000845. The minimum absolute atomic E-state index is 0. The number of hydrogen-bond acceptors (Lipinski definition) is 1. The first kappa shape index (κ1) is 10.6. The van der Waals surface area contributed by atoms with E-state index in [9.17, 15) is 0 Å². The van der Waals surface area contributed by atoms with E-state index in [2.05, 4.69) is 31.2 Å². The molecule has 0 aromatic heterocycles. The third-order valence-corrected chi connectivity index (χ3v) is 2.62. The van der Waals surface area contributed by atoms with Gasteiger partial charge in [-0.25, -0.2) is 0 Å². The normalized spacial score (nSPS) is 9.62. The number of fused-ring (bicyclic) bond motifs is 1. The molecule has 0 saturated heterocycles. The molecule has 0 amide bonds. The summed E-state index contributed by atoms with van der Waals surface area (Å²) in [6, 6.07) is 12.4. The van der Waals surface area contributed by atoms with Crippen molar-refractivity contribution >= 4 is 23.4 Å². The predicted molar refractivity (Wildman–Crippen MR) is 54.3 cm³/mol. The Labute approximate surface area is 95.9 Å². The standard InChI is InChI=1S/C11H10S.Li/c1-8-6-7-9-4-2-3-5-10(9)11(8)12;/h2-7,12H,1H3;/q;+1/p-1. The number of benzene rings is 2. The molecule has 0 radical (unpaired) electrons. The Kier molecular flexibility index (Phi) is 3.38. The Bertz CT molecular complexity index is 423. The second-order valence-corrected chi connectivity index (χ2v) is 3.34. The van der Waals surface area contributed by atoms with E-state index in [1.807, 2.05) is 12.1 Å². The van der Waals surface area contributed by atoms with Crippen molar-refractivity contribution < 1.29 is 18.9 Å². The zero-order valence-electron chi connectivity index (χ0n) is 7.87. The minimum Gasteiger partial charge on any atom is -0.779 e. The van der Waals surface area contributed by atoms with Crippen LogP contribution in [0.2, 0.25) is 0 Å².